The van der Waals surface area contributed by atoms with E-state index in [1.54, 1.807) is 41.5 Å². The first-order valence-corrected chi connectivity index (χ1v) is 21.2. The molecule has 5 N–H and O–H groups in total. The summed E-state index contributed by atoms with van der Waals surface area (Å²) in [5, 5.41) is 12.7. The summed E-state index contributed by atoms with van der Waals surface area (Å²) in [6.45, 7) is 9.49. The number of benzene rings is 3. The Morgan fingerprint density at radius 1 is 0.641 bits per heavy atom. The highest BCUT2D eigenvalue weighted by atomic mass is 16.6. The minimum absolute atomic E-state index is 0.00526. The highest BCUT2D eigenvalue weighted by Gasteiger charge is 2.34. The molecule has 0 aliphatic heterocycles. The van der Waals surface area contributed by atoms with Gasteiger partial charge in [-0.05, 0) is 88.6 Å². The summed E-state index contributed by atoms with van der Waals surface area (Å²) in [6, 6.07) is 20.7. The van der Waals surface area contributed by atoms with Gasteiger partial charge in [0, 0.05) is 12.5 Å². The number of fused-ring (bicyclic) bond motifs is 3. The molecular weight excluding hydrogens is 827 g/mol. The Morgan fingerprint density at radius 3 is 1.83 bits per heavy atom. The van der Waals surface area contributed by atoms with E-state index in [4.69, 9.17) is 23.7 Å². The van der Waals surface area contributed by atoms with E-state index < -0.39 is 84.1 Å². The number of esters is 2. The van der Waals surface area contributed by atoms with E-state index in [1.165, 1.54) is 7.11 Å². The molecule has 5 amide bonds. The van der Waals surface area contributed by atoms with Crippen LogP contribution >= 0.6 is 0 Å². The third-order valence-corrected chi connectivity index (χ3v) is 9.70. The number of amides is 5. The minimum Gasteiger partial charge on any atom is -0.467 e. The average Bonchev–Trinajstić information content (AvgIpc) is 3.57. The summed E-state index contributed by atoms with van der Waals surface area (Å²) in [4.78, 5) is 91.7. The second kappa shape index (κ2) is 23.8. The smallest absolute Gasteiger partial charge is 0.407 e. The Hall–Kier alpha value is -6.49. The molecule has 0 unspecified atom stereocenters. The van der Waals surface area contributed by atoms with Crippen LogP contribution in [0.2, 0.25) is 0 Å². The molecule has 0 radical (unpaired) electrons. The standard InChI is InChI=1S/C47H61N5O12/c1-46(2,3)63-29-38(42(56)51-36(43(57)60-7)23-15-16-24-48-44(58)61-27-30-17-9-8-10-18-30)52-41(55)37(25-40(54)64-47(4,5)6)50-39(53)26-49-45(59)62-28-35-33-21-13-11-19-31(33)32-20-12-14-22-34(32)35/h8-14,17-22,35-38H,15-16,23-29H2,1-7H3,(H,48,58)(H,49,59)(H,50,53)(H,51,56)(H,52,55)/t36-,37-,38-/m0/s1. The van der Waals surface area contributed by atoms with Crippen molar-refractivity contribution in [3.8, 4) is 11.1 Å². The van der Waals surface area contributed by atoms with Crippen LogP contribution in [-0.2, 0) is 54.3 Å². The van der Waals surface area contributed by atoms with E-state index in [-0.39, 0.29) is 38.7 Å². The van der Waals surface area contributed by atoms with Crippen LogP contribution in [0.15, 0.2) is 78.9 Å². The second-order valence-corrected chi connectivity index (χ2v) is 17.1. The number of nitrogens with one attached hydrogen (secondary N) is 5. The first-order valence-electron chi connectivity index (χ1n) is 21.2. The fraction of sp³-hybridized carbons (Fsp3) is 0.468. The van der Waals surface area contributed by atoms with E-state index in [9.17, 15) is 33.6 Å². The van der Waals surface area contributed by atoms with Crippen molar-refractivity contribution in [2.24, 2.45) is 0 Å². The first kappa shape index (κ1) is 50.2. The number of hydrogen-bond donors (Lipinski definition) is 5. The Bertz CT molecular complexity index is 2040. The van der Waals surface area contributed by atoms with Gasteiger partial charge < -0.3 is 50.3 Å². The molecule has 64 heavy (non-hydrogen) atoms. The number of carbonyl (C=O) groups is 7. The number of alkyl carbamates (subject to hydrolysis) is 2. The molecule has 17 heteroatoms. The fourth-order valence-corrected chi connectivity index (χ4v) is 6.70. The van der Waals surface area contributed by atoms with Crippen molar-refractivity contribution in [3.63, 3.8) is 0 Å². The molecular formula is C47H61N5O12. The Labute approximate surface area is 374 Å². The monoisotopic (exact) mass is 887 g/mol. The molecule has 0 fully saturated rings. The molecule has 0 saturated carbocycles. The molecule has 0 spiro atoms. The summed E-state index contributed by atoms with van der Waals surface area (Å²) >= 11 is 0. The normalized spacial score (nSPS) is 13.4. The van der Waals surface area contributed by atoms with Gasteiger partial charge in [0.15, 0.2) is 0 Å². The first-order chi connectivity index (χ1) is 30.3. The number of carbonyl (C=O) groups excluding carboxylic acids is 7. The lowest BCUT2D eigenvalue weighted by Crippen LogP contribution is -2.58. The van der Waals surface area contributed by atoms with Crippen LogP contribution < -0.4 is 26.6 Å². The third kappa shape index (κ3) is 16.7. The largest absolute Gasteiger partial charge is 0.467 e. The zero-order valence-electron chi connectivity index (χ0n) is 37.6. The van der Waals surface area contributed by atoms with Crippen LogP contribution in [-0.4, -0.2) is 105 Å². The predicted octanol–water partition coefficient (Wildman–Crippen LogP) is 4.80. The van der Waals surface area contributed by atoms with Gasteiger partial charge in [0.1, 0.15) is 43.5 Å². The van der Waals surface area contributed by atoms with Crippen molar-refractivity contribution in [1.82, 2.24) is 26.6 Å². The van der Waals surface area contributed by atoms with Gasteiger partial charge in [-0.2, -0.15) is 0 Å². The molecule has 0 saturated heterocycles. The average molecular weight is 888 g/mol. The van der Waals surface area contributed by atoms with Gasteiger partial charge in [0.2, 0.25) is 17.7 Å². The summed E-state index contributed by atoms with van der Waals surface area (Å²) < 4.78 is 26.9. The van der Waals surface area contributed by atoms with Gasteiger partial charge in [0.25, 0.3) is 0 Å². The molecule has 3 aromatic rings. The van der Waals surface area contributed by atoms with Crippen molar-refractivity contribution < 1.29 is 57.2 Å². The summed E-state index contributed by atoms with van der Waals surface area (Å²) in [5.41, 5.74) is 3.25. The molecule has 3 atom stereocenters. The minimum atomic E-state index is -1.57. The maximum atomic E-state index is 13.9. The van der Waals surface area contributed by atoms with Gasteiger partial charge in [-0.1, -0.05) is 78.9 Å². The molecule has 1 aliphatic carbocycles. The van der Waals surface area contributed by atoms with Gasteiger partial charge in [-0.15, -0.1) is 0 Å². The molecule has 346 valence electrons. The maximum absolute atomic E-state index is 13.9. The van der Waals surface area contributed by atoms with Crippen LogP contribution in [0.4, 0.5) is 9.59 Å². The lowest BCUT2D eigenvalue weighted by molar-refractivity contribution is -0.156. The third-order valence-electron chi connectivity index (χ3n) is 9.70. The summed E-state index contributed by atoms with van der Waals surface area (Å²) in [6.07, 6.45) is -1.19. The van der Waals surface area contributed by atoms with Crippen LogP contribution in [0.5, 0.6) is 0 Å². The van der Waals surface area contributed by atoms with Gasteiger partial charge in [-0.3, -0.25) is 19.2 Å². The van der Waals surface area contributed by atoms with Crippen LogP contribution in [0, 0.1) is 0 Å². The van der Waals surface area contributed by atoms with E-state index in [2.05, 4.69) is 26.6 Å². The van der Waals surface area contributed by atoms with Crippen molar-refractivity contribution >= 4 is 41.8 Å². The molecule has 0 heterocycles. The van der Waals surface area contributed by atoms with Gasteiger partial charge in [0.05, 0.1) is 25.7 Å². The van der Waals surface area contributed by atoms with E-state index in [0.717, 1.165) is 27.8 Å². The van der Waals surface area contributed by atoms with Crippen molar-refractivity contribution in [2.75, 3.05) is 33.4 Å². The number of unbranched alkanes of at least 4 members (excludes halogenated alkanes) is 1. The summed E-state index contributed by atoms with van der Waals surface area (Å²) in [5.74, 6) is -4.38. The zero-order chi connectivity index (χ0) is 46.9. The second-order valence-electron chi connectivity index (χ2n) is 17.1. The molecule has 4 rings (SSSR count). The predicted molar refractivity (Wildman–Crippen MR) is 236 cm³/mol. The topological polar surface area (TPSA) is 226 Å². The number of ether oxygens (including phenoxy) is 5. The van der Waals surface area contributed by atoms with Crippen LogP contribution in [0.1, 0.15) is 89.8 Å². The Morgan fingerprint density at radius 2 is 1.22 bits per heavy atom. The number of rotatable bonds is 21. The molecule has 0 aromatic heterocycles. The Balaban J connectivity index is 1.36. The maximum Gasteiger partial charge on any atom is 0.407 e. The highest BCUT2D eigenvalue weighted by molar-refractivity contribution is 5.96. The number of methoxy groups -OCH3 is 1. The van der Waals surface area contributed by atoms with E-state index in [1.807, 2.05) is 78.9 Å². The highest BCUT2D eigenvalue weighted by Crippen LogP contribution is 2.44. The number of hydrogen-bond acceptors (Lipinski definition) is 12. The quantitative estimate of drug-likeness (QED) is 0.0553. The zero-order valence-corrected chi connectivity index (χ0v) is 37.6. The van der Waals surface area contributed by atoms with Gasteiger partial charge >= 0.3 is 24.1 Å². The van der Waals surface area contributed by atoms with Crippen molar-refractivity contribution in [3.05, 3.63) is 95.6 Å². The molecule has 0 bridgehead atoms. The Kier molecular flexibility index (Phi) is 18.7. The SMILES string of the molecule is COC(=O)[C@H](CCCCNC(=O)OCc1ccccc1)NC(=O)[C@H](COC(C)(C)C)NC(=O)[C@H](CC(=O)OC(C)(C)C)NC(=O)CNC(=O)OCC1c2ccccc2-c2ccccc21. The lowest BCUT2D eigenvalue weighted by Gasteiger charge is -2.28. The van der Waals surface area contributed by atoms with Crippen LogP contribution in [0.25, 0.3) is 11.1 Å². The summed E-state index contributed by atoms with van der Waals surface area (Å²) in [7, 11) is 1.17. The van der Waals surface area contributed by atoms with E-state index in [0.29, 0.717) is 12.8 Å². The van der Waals surface area contributed by atoms with Crippen molar-refractivity contribution in [2.45, 2.75) is 109 Å². The fourth-order valence-electron chi connectivity index (χ4n) is 6.70. The molecule has 17 nitrogen and oxygen atoms in total. The lowest BCUT2D eigenvalue weighted by atomic mass is 9.98. The van der Waals surface area contributed by atoms with E-state index >= 15 is 0 Å². The molecule has 1 aliphatic rings. The van der Waals surface area contributed by atoms with Gasteiger partial charge in [-0.25, -0.2) is 14.4 Å². The molecule has 3 aromatic carbocycles. The van der Waals surface area contributed by atoms with Crippen molar-refractivity contribution in [1.29, 1.82) is 0 Å². The van der Waals surface area contributed by atoms with Crippen LogP contribution in [0.3, 0.4) is 0 Å².